The van der Waals surface area contributed by atoms with Crippen LogP contribution in [0, 0.1) is 17.8 Å². The molecule has 0 N–H and O–H groups in total. The van der Waals surface area contributed by atoms with Gasteiger partial charge in [-0.2, -0.15) is 0 Å². The molecule has 1 aromatic heterocycles. The van der Waals surface area contributed by atoms with Crippen molar-refractivity contribution in [3.63, 3.8) is 0 Å². The van der Waals surface area contributed by atoms with Gasteiger partial charge in [0.1, 0.15) is 0 Å². The maximum absolute atomic E-state index is 12.7. The van der Waals surface area contributed by atoms with Crippen molar-refractivity contribution in [2.45, 2.75) is 62.6 Å². The van der Waals surface area contributed by atoms with Crippen LogP contribution < -0.4 is 0 Å². The molecule has 29 heavy (non-hydrogen) atoms. The molecule has 1 heterocycles. The Bertz CT molecular complexity index is 831. The van der Waals surface area contributed by atoms with E-state index in [1.807, 2.05) is 30.0 Å². The summed E-state index contributed by atoms with van der Waals surface area (Å²) in [6.07, 6.45) is 7.84. The first-order valence-corrected chi connectivity index (χ1v) is 11.9. The second-order valence-corrected chi connectivity index (χ2v) is 10.2. The van der Waals surface area contributed by atoms with Gasteiger partial charge in [-0.25, -0.2) is 0 Å². The van der Waals surface area contributed by atoms with E-state index >= 15 is 0 Å². The Morgan fingerprint density at radius 2 is 1.76 bits per heavy atom. The minimum absolute atomic E-state index is 0.107. The summed E-state index contributed by atoms with van der Waals surface area (Å²) in [5, 5.41) is 9.29. The molecule has 0 aliphatic heterocycles. The fourth-order valence-corrected chi connectivity index (χ4v) is 6.92. The van der Waals surface area contributed by atoms with Gasteiger partial charge in [0.05, 0.1) is 5.75 Å². The highest BCUT2D eigenvalue weighted by Gasteiger charge is 2.54. The molecular formula is C23H29N3O2S. The van der Waals surface area contributed by atoms with Crippen molar-refractivity contribution >= 4 is 17.7 Å². The van der Waals surface area contributed by atoms with Crippen LogP contribution in [0.25, 0.3) is 0 Å². The normalized spacial score (nSPS) is 29.9. The number of amides is 1. The summed E-state index contributed by atoms with van der Waals surface area (Å²) in [6, 6.07) is 10.1. The lowest BCUT2D eigenvalue weighted by atomic mass is 9.49. The van der Waals surface area contributed by atoms with Crippen molar-refractivity contribution in [1.82, 2.24) is 15.1 Å². The topological polar surface area (TPSA) is 59.2 Å². The number of aromatic nitrogens is 2. The first kappa shape index (κ1) is 19.2. The van der Waals surface area contributed by atoms with E-state index in [1.54, 1.807) is 0 Å². The first-order valence-electron chi connectivity index (χ1n) is 10.9. The zero-order valence-electron chi connectivity index (χ0n) is 17.0. The van der Waals surface area contributed by atoms with E-state index < -0.39 is 0 Å². The van der Waals surface area contributed by atoms with Crippen LogP contribution in [0.15, 0.2) is 40.0 Å². The van der Waals surface area contributed by atoms with E-state index in [-0.39, 0.29) is 11.3 Å². The molecule has 6 rings (SSSR count). The maximum atomic E-state index is 12.7. The number of thioether (sulfide) groups is 1. The van der Waals surface area contributed by atoms with Gasteiger partial charge >= 0.3 is 0 Å². The third kappa shape index (κ3) is 3.83. The SMILES string of the molecule is CCN(Cc1ccccc1)C(=O)CSc1nnc(C23CC4CC(CC(C4)C2)C3)o1. The lowest BCUT2D eigenvalue weighted by molar-refractivity contribution is -0.128. The van der Waals surface area contributed by atoms with Crippen LogP contribution in [0.5, 0.6) is 0 Å². The van der Waals surface area contributed by atoms with E-state index in [1.165, 1.54) is 50.3 Å². The zero-order valence-corrected chi connectivity index (χ0v) is 17.9. The molecule has 4 saturated carbocycles. The molecule has 0 atom stereocenters. The molecule has 1 aromatic carbocycles. The molecule has 0 radical (unpaired) electrons. The zero-order chi connectivity index (χ0) is 19.8. The van der Waals surface area contributed by atoms with Gasteiger partial charge < -0.3 is 9.32 Å². The quantitative estimate of drug-likeness (QED) is 0.619. The lowest BCUT2D eigenvalue weighted by Crippen LogP contribution is -2.48. The van der Waals surface area contributed by atoms with Gasteiger partial charge in [-0.1, -0.05) is 42.1 Å². The fraction of sp³-hybridized carbons (Fsp3) is 0.609. The maximum Gasteiger partial charge on any atom is 0.277 e. The minimum Gasteiger partial charge on any atom is -0.415 e. The Labute approximate surface area is 176 Å². The summed E-state index contributed by atoms with van der Waals surface area (Å²) in [4.78, 5) is 14.6. The Balaban J connectivity index is 1.21. The molecular weight excluding hydrogens is 382 g/mol. The van der Waals surface area contributed by atoms with Gasteiger partial charge in [0.2, 0.25) is 11.8 Å². The lowest BCUT2D eigenvalue weighted by Gasteiger charge is -2.55. The van der Waals surface area contributed by atoms with Crippen LogP contribution in [0.1, 0.15) is 56.9 Å². The molecule has 5 nitrogen and oxygen atoms in total. The third-order valence-electron chi connectivity index (χ3n) is 7.17. The summed E-state index contributed by atoms with van der Waals surface area (Å²) >= 11 is 1.38. The van der Waals surface area contributed by atoms with E-state index in [9.17, 15) is 4.79 Å². The van der Waals surface area contributed by atoms with Crippen LogP contribution >= 0.6 is 11.8 Å². The largest absolute Gasteiger partial charge is 0.415 e. The first-order chi connectivity index (χ1) is 14.1. The highest BCUT2D eigenvalue weighted by Crippen LogP contribution is 2.60. The van der Waals surface area contributed by atoms with Crippen molar-refractivity contribution in [3.8, 4) is 0 Å². The minimum atomic E-state index is 0.107. The summed E-state index contributed by atoms with van der Waals surface area (Å²) in [6.45, 7) is 3.35. The van der Waals surface area contributed by atoms with Gasteiger partial charge in [0.15, 0.2) is 0 Å². The molecule has 0 saturated heterocycles. The average molecular weight is 412 g/mol. The molecule has 0 unspecified atom stereocenters. The summed E-state index contributed by atoms with van der Waals surface area (Å²) in [7, 11) is 0. The number of carbonyl (C=O) groups excluding carboxylic acids is 1. The summed E-state index contributed by atoms with van der Waals surface area (Å²) < 4.78 is 6.12. The number of hydrogen-bond acceptors (Lipinski definition) is 5. The van der Waals surface area contributed by atoms with Crippen molar-refractivity contribution in [1.29, 1.82) is 0 Å². The predicted molar refractivity (Wildman–Crippen MR) is 112 cm³/mol. The second kappa shape index (κ2) is 7.78. The summed E-state index contributed by atoms with van der Waals surface area (Å²) in [5.74, 6) is 3.83. The fourth-order valence-electron chi connectivity index (χ4n) is 6.25. The van der Waals surface area contributed by atoms with E-state index in [4.69, 9.17) is 4.42 Å². The Hall–Kier alpha value is -1.82. The molecule has 2 aromatic rings. The monoisotopic (exact) mass is 411 g/mol. The number of nitrogens with zero attached hydrogens (tertiary/aromatic N) is 3. The Morgan fingerprint density at radius 1 is 1.10 bits per heavy atom. The van der Waals surface area contributed by atoms with E-state index in [2.05, 4.69) is 22.3 Å². The molecule has 6 heteroatoms. The molecule has 4 aliphatic rings. The predicted octanol–water partition coefficient (Wildman–Crippen LogP) is 4.68. The number of benzene rings is 1. The molecule has 0 spiro atoms. The van der Waals surface area contributed by atoms with Crippen molar-refractivity contribution in [2.24, 2.45) is 17.8 Å². The molecule has 4 bridgehead atoms. The van der Waals surface area contributed by atoms with Crippen LogP contribution in [0.2, 0.25) is 0 Å². The van der Waals surface area contributed by atoms with Crippen molar-refractivity contribution in [2.75, 3.05) is 12.3 Å². The van der Waals surface area contributed by atoms with Crippen molar-refractivity contribution < 1.29 is 9.21 Å². The van der Waals surface area contributed by atoms with Gasteiger partial charge in [0.25, 0.3) is 5.22 Å². The van der Waals surface area contributed by atoms with Crippen molar-refractivity contribution in [3.05, 3.63) is 41.8 Å². The van der Waals surface area contributed by atoms with E-state index in [0.717, 1.165) is 29.2 Å². The van der Waals surface area contributed by atoms with Crippen LogP contribution in [0.3, 0.4) is 0 Å². The third-order valence-corrected chi connectivity index (χ3v) is 7.97. The van der Waals surface area contributed by atoms with E-state index in [0.29, 0.717) is 24.1 Å². The van der Waals surface area contributed by atoms with Gasteiger partial charge in [-0.3, -0.25) is 4.79 Å². The van der Waals surface area contributed by atoms with Crippen LogP contribution in [0.4, 0.5) is 0 Å². The number of hydrogen-bond donors (Lipinski definition) is 0. The number of carbonyl (C=O) groups is 1. The summed E-state index contributed by atoms with van der Waals surface area (Å²) in [5.41, 5.74) is 1.27. The van der Waals surface area contributed by atoms with Gasteiger partial charge in [-0.15, -0.1) is 10.2 Å². The van der Waals surface area contributed by atoms with Crippen LogP contribution in [-0.2, 0) is 16.8 Å². The number of rotatable bonds is 7. The second-order valence-electron chi connectivity index (χ2n) is 9.25. The highest BCUT2D eigenvalue weighted by atomic mass is 32.2. The molecule has 4 aliphatic carbocycles. The Kier molecular flexibility index (Phi) is 5.14. The molecule has 4 fully saturated rings. The highest BCUT2D eigenvalue weighted by molar-refractivity contribution is 7.99. The van der Waals surface area contributed by atoms with Gasteiger partial charge in [-0.05, 0) is 68.8 Å². The smallest absolute Gasteiger partial charge is 0.277 e. The molecule has 154 valence electrons. The van der Waals surface area contributed by atoms with Gasteiger partial charge in [0, 0.05) is 18.5 Å². The Morgan fingerprint density at radius 3 is 2.38 bits per heavy atom. The average Bonchev–Trinajstić information content (AvgIpc) is 3.20. The van der Waals surface area contributed by atoms with Crippen LogP contribution in [-0.4, -0.2) is 33.3 Å². The molecule has 1 amide bonds. The standard InChI is InChI=1S/C23H29N3O2S/c1-2-26(14-16-6-4-3-5-7-16)20(27)15-29-22-25-24-21(28-22)23-11-17-8-18(12-23)10-19(9-17)13-23/h3-7,17-19H,2,8-15H2,1H3.